The SMILES string of the molecule is O=C1[C@@H]2[C@@H](C(=O)N1c1ccccc1)[C@H]1C=C[C@H]2C1=C1CCCC1. The fraction of sp³-hybridized carbons (Fsp3) is 0.400. The third-order valence-electron chi connectivity index (χ3n) is 6.05. The number of hydrogen-bond acceptors (Lipinski definition) is 2. The molecule has 1 aromatic carbocycles. The lowest BCUT2D eigenvalue weighted by molar-refractivity contribution is -0.122. The van der Waals surface area contributed by atoms with Crippen LogP contribution in [0.5, 0.6) is 0 Å². The molecule has 0 aromatic heterocycles. The summed E-state index contributed by atoms with van der Waals surface area (Å²) in [6.45, 7) is 0. The van der Waals surface area contributed by atoms with Crippen LogP contribution in [0.15, 0.2) is 53.6 Å². The second-order valence-electron chi connectivity index (χ2n) is 7.10. The summed E-state index contributed by atoms with van der Waals surface area (Å²) >= 11 is 0. The maximum absolute atomic E-state index is 13.0. The van der Waals surface area contributed by atoms with E-state index in [1.165, 1.54) is 28.9 Å². The van der Waals surface area contributed by atoms with E-state index in [4.69, 9.17) is 0 Å². The van der Waals surface area contributed by atoms with Crippen molar-refractivity contribution in [2.24, 2.45) is 23.7 Å². The standard InChI is InChI=1S/C20H19NO2/c22-19-17-14-10-11-15(16(14)12-6-4-5-7-12)18(17)20(23)21(19)13-8-2-1-3-9-13/h1-3,8-11,14-15,17-18H,4-7H2/t14-,15-,17-,18-/m0/s1. The Kier molecular flexibility index (Phi) is 2.70. The summed E-state index contributed by atoms with van der Waals surface area (Å²) in [5, 5.41) is 0. The summed E-state index contributed by atoms with van der Waals surface area (Å²) < 4.78 is 0. The highest BCUT2D eigenvalue weighted by molar-refractivity contribution is 6.23. The van der Waals surface area contributed by atoms with Crippen molar-refractivity contribution in [3.05, 3.63) is 53.6 Å². The Balaban J connectivity index is 1.57. The highest BCUT2D eigenvalue weighted by atomic mass is 16.2. The number of fused-ring (bicyclic) bond motifs is 5. The molecule has 4 atom stereocenters. The van der Waals surface area contributed by atoms with Crippen molar-refractivity contribution in [3.63, 3.8) is 0 Å². The van der Waals surface area contributed by atoms with E-state index in [1.807, 2.05) is 30.3 Å². The first-order chi connectivity index (χ1) is 11.3. The fourth-order valence-electron chi connectivity index (χ4n) is 5.16. The maximum Gasteiger partial charge on any atom is 0.238 e. The van der Waals surface area contributed by atoms with Gasteiger partial charge in [-0.15, -0.1) is 0 Å². The number of benzene rings is 1. The Morgan fingerprint density at radius 3 is 1.96 bits per heavy atom. The lowest BCUT2D eigenvalue weighted by Gasteiger charge is -2.19. The quantitative estimate of drug-likeness (QED) is 0.588. The smallest absolute Gasteiger partial charge is 0.238 e. The van der Waals surface area contributed by atoms with Crippen LogP contribution >= 0.6 is 0 Å². The number of anilines is 1. The maximum atomic E-state index is 13.0. The van der Waals surface area contributed by atoms with Crippen LogP contribution < -0.4 is 4.90 Å². The molecule has 1 heterocycles. The van der Waals surface area contributed by atoms with Crippen molar-refractivity contribution in [2.45, 2.75) is 25.7 Å². The van der Waals surface area contributed by atoms with Gasteiger partial charge in [-0.05, 0) is 37.8 Å². The summed E-state index contributed by atoms with van der Waals surface area (Å²) in [6.07, 6.45) is 9.21. The van der Waals surface area contributed by atoms with Gasteiger partial charge in [0.1, 0.15) is 0 Å². The minimum atomic E-state index is -0.166. The van der Waals surface area contributed by atoms with E-state index in [2.05, 4.69) is 12.2 Å². The van der Waals surface area contributed by atoms with E-state index < -0.39 is 0 Å². The molecule has 0 spiro atoms. The van der Waals surface area contributed by atoms with Crippen molar-refractivity contribution < 1.29 is 9.59 Å². The normalized spacial score (nSPS) is 34.9. The van der Waals surface area contributed by atoms with Crippen molar-refractivity contribution >= 4 is 17.5 Å². The average molecular weight is 305 g/mol. The van der Waals surface area contributed by atoms with E-state index in [-0.39, 0.29) is 35.5 Å². The number of imide groups is 1. The topological polar surface area (TPSA) is 37.4 Å². The monoisotopic (exact) mass is 305 g/mol. The third kappa shape index (κ3) is 1.65. The Morgan fingerprint density at radius 1 is 0.826 bits per heavy atom. The largest absolute Gasteiger partial charge is 0.274 e. The molecule has 0 N–H and O–H groups in total. The third-order valence-corrected chi connectivity index (χ3v) is 6.05. The molecular weight excluding hydrogens is 286 g/mol. The van der Waals surface area contributed by atoms with Crippen LogP contribution in [0.25, 0.3) is 0 Å². The number of carbonyl (C=O) groups excluding carboxylic acids is 2. The molecule has 5 rings (SSSR count). The number of rotatable bonds is 1. The summed E-state index contributed by atoms with van der Waals surface area (Å²) in [6, 6.07) is 9.36. The number of allylic oxidation sites excluding steroid dienone is 4. The van der Waals surface area contributed by atoms with Crippen LogP contribution in [0.2, 0.25) is 0 Å². The molecule has 3 fully saturated rings. The van der Waals surface area contributed by atoms with Crippen LogP contribution in [-0.2, 0) is 9.59 Å². The first-order valence-electron chi connectivity index (χ1n) is 8.60. The second-order valence-corrected chi connectivity index (χ2v) is 7.10. The van der Waals surface area contributed by atoms with Gasteiger partial charge in [0, 0.05) is 11.8 Å². The van der Waals surface area contributed by atoms with E-state index in [9.17, 15) is 9.59 Å². The molecule has 2 bridgehead atoms. The number of nitrogens with zero attached hydrogens (tertiary/aromatic N) is 1. The second kappa shape index (κ2) is 4.67. The van der Waals surface area contributed by atoms with Gasteiger partial charge in [0.15, 0.2) is 0 Å². The van der Waals surface area contributed by atoms with Crippen molar-refractivity contribution in [2.75, 3.05) is 4.90 Å². The van der Waals surface area contributed by atoms with Gasteiger partial charge in [-0.2, -0.15) is 0 Å². The van der Waals surface area contributed by atoms with Crippen LogP contribution in [0, 0.1) is 23.7 Å². The van der Waals surface area contributed by atoms with Gasteiger partial charge < -0.3 is 0 Å². The molecule has 3 nitrogen and oxygen atoms in total. The molecule has 0 unspecified atom stereocenters. The van der Waals surface area contributed by atoms with Crippen LogP contribution in [-0.4, -0.2) is 11.8 Å². The predicted molar refractivity (Wildman–Crippen MR) is 87.5 cm³/mol. The molecule has 3 aliphatic carbocycles. The Labute approximate surface area is 135 Å². The van der Waals surface area contributed by atoms with Gasteiger partial charge in [0.05, 0.1) is 17.5 Å². The number of carbonyl (C=O) groups is 2. The zero-order chi connectivity index (χ0) is 15.6. The first kappa shape index (κ1) is 13.3. The van der Waals surface area contributed by atoms with E-state index in [1.54, 1.807) is 0 Å². The van der Waals surface area contributed by atoms with Gasteiger partial charge >= 0.3 is 0 Å². The van der Waals surface area contributed by atoms with Gasteiger partial charge in [-0.1, -0.05) is 41.5 Å². The Hall–Kier alpha value is -2.16. The number of para-hydroxylation sites is 1. The molecular formula is C20H19NO2. The molecule has 1 saturated heterocycles. The van der Waals surface area contributed by atoms with Gasteiger partial charge in [0.2, 0.25) is 11.8 Å². The van der Waals surface area contributed by atoms with Gasteiger partial charge in [-0.3, -0.25) is 9.59 Å². The van der Waals surface area contributed by atoms with Gasteiger partial charge in [-0.25, -0.2) is 4.90 Å². The van der Waals surface area contributed by atoms with E-state index in [0.29, 0.717) is 5.69 Å². The molecule has 1 aliphatic heterocycles. The average Bonchev–Trinajstić information content (AvgIpc) is 3.31. The summed E-state index contributed by atoms with van der Waals surface area (Å²) in [5.74, 6) is 0.00595. The molecule has 1 aromatic rings. The molecule has 3 heteroatoms. The lowest BCUT2D eigenvalue weighted by atomic mass is 9.85. The molecule has 2 saturated carbocycles. The Morgan fingerprint density at radius 2 is 1.39 bits per heavy atom. The first-order valence-corrected chi connectivity index (χ1v) is 8.60. The molecule has 23 heavy (non-hydrogen) atoms. The summed E-state index contributed by atoms with van der Waals surface area (Å²) in [5.41, 5.74) is 3.67. The molecule has 4 aliphatic rings. The highest BCUT2D eigenvalue weighted by Crippen LogP contribution is 2.58. The predicted octanol–water partition coefficient (Wildman–Crippen LogP) is 3.48. The Bertz CT molecular complexity index is 719. The van der Waals surface area contributed by atoms with E-state index >= 15 is 0 Å². The summed E-state index contributed by atoms with van der Waals surface area (Å²) in [4.78, 5) is 27.4. The zero-order valence-electron chi connectivity index (χ0n) is 12.9. The van der Waals surface area contributed by atoms with Crippen molar-refractivity contribution in [1.29, 1.82) is 0 Å². The molecule has 2 amide bonds. The number of hydrogen-bond donors (Lipinski definition) is 0. The number of amides is 2. The van der Waals surface area contributed by atoms with Crippen molar-refractivity contribution in [3.8, 4) is 0 Å². The lowest BCUT2D eigenvalue weighted by Crippen LogP contribution is -2.33. The van der Waals surface area contributed by atoms with Crippen molar-refractivity contribution in [1.82, 2.24) is 0 Å². The zero-order valence-corrected chi connectivity index (χ0v) is 12.9. The molecule has 116 valence electrons. The van der Waals surface area contributed by atoms with Gasteiger partial charge in [0.25, 0.3) is 0 Å². The fourth-order valence-corrected chi connectivity index (χ4v) is 5.16. The van der Waals surface area contributed by atoms with Crippen LogP contribution in [0.4, 0.5) is 5.69 Å². The molecule has 0 radical (unpaired) electrons. The van der Waals surface area contributed by atoms with E-state index in [0.717, 1.165) is 12.8 Å². The minimum absolute atomic E-state index is 0.000790. The van der Waals surface area contributed by atoms with Crippen LogP contribution in [0.3, 0.4) is 0 Å². The summed E-state index contributed by atoms with van der Waals surface area (Å²) in [7, 11) is 0. The minimum Gasteiger partial charge on any atom is -0.274 e. The highest BCUT2D eigenvalue weighted by Gasteiger charge is 2.62. The van der Waals surface area contributed by atoms with Crippen LogP contribution in [0.1, 0.15) is 25.7 Å².